The fraction of sp³-hybridized carbons (Fsp3) is 0.533. The van der Waals surface area contributed by atoms with Crippen LogP contribution in [0.25, 0.3) is 0 Å². The first kappa shape index (κ1) is 19.1. The SMILES string of the molecule is COc1c(Cl)cc(C(=O)N2CCCN(CC(F)(F)F)CC2)cc1Cl. The molecule has 1 aliphatic rings. The second-order valence-electron chi connectivity index (χ2n) is 5.51. The molecule has 4 nitrogen and oxygen atoms in total. The molecular formula is C15H17Cl2F3N2O2. The van der Waals surface area contributed by atoms with Gasteiger partial charge in [-0.05, 0) is 18.6 Å². The third-order valence-corrected chi connectivity index (χ3v) is 4.29. The van der Waals surface area contributed by atoms with Gasteiger partial charge in [-0.2, -0.15) is 13.2 Å². The number of halogens is 5. The maximum Gasteiger partial charge on any atom is 0.401 e. The van der Waals surface area contributed by atoms with Crippen molar-refractivity contribution in [2.24, 2.45) is 0 Å². The molecule has 1 fully saturated rings. The average molecular weight is 385 g/mol. The normalized spacial score (nSPS) is 16.8. The predicted octanol–water partition coefficient (Wildman–Crippen LogP) is 3.71. The Morgan fingerprint density at radius 3 is 2.33 bits per heavy atom. The summed E-state index contributed by atoms with van der Waals surface area (Å²) < 4.78 is 42.5. The highest BCUT2D eigenvalue weighted by molar-refractivity contribution is 6.37. The van der Waals surface area contributed by atoms with Crippen molar-refractivity contribution in [2.75, 3.05) is 39.8 Å². The van der Waals surface area contributed by atoms with E-state index in [1.54, 1.807) is 0 Å². The van der Waals surface area contributed by atoms with Crippen molar-refractivity contribution in [1.82, 2.24) is 9.80 Å². The van der Waals surface area contributed by atoms with Gasteiger partial charge in [-0.3, -0.25) is 9.69 Å². The zero-order chi connectivity index (χ0) is 17.9. The number of rotatable bonds is 3. The molecular weight excluding hydrogens is 368 g/mol. The van der Waals surface area contributed by atoms with Crippen LogP contribution in [0.5, 0.6) is 5.75 Å². The summed E-state index contributed by atoms with van der Waals surface area (Å²) in [5.74, 6) is -0.0302. The maximum atomic E-state index is 12.6. The smallest absolute Gasteiger partial charge is 0.401 e. The molecule has 1 saturated heterocycles. The molecule has 134 valence electrons. The van der Waals surface area contributed by atoms with E-state index in [-0.39, 0.29) is 40.4 Å². The van der Waals surface area contributed by atoms with Gasteiger partial charge in [-0.1, -0.05) is 23.2 Å². The van der Waals surface area contributed by atoms with Gasteiger partial charge in [0.2, 0.25) is 0 Å². The topological polar surface area (TPSA) is 32.8 Å². The summed E-state index contributed by atoms with van der Waals surface area (Å²) in [5, 5.41) is 0.420. The number of methoxy groups -OCH3 is 1. The molecule has 9 heteroatoms. The standard InChI is InChI=1S/C15H17Cl2F3N2O2/c1-24-13-11(16)7-10(8-12(13)17)14(23)22-4-2-3-21(5-6-22)9-15(18,19)20/h7-8H,2-6,9H2,1H3. The van der Waals surface area contributed by atoms with E-state index in [0.29, 0.717) is 19.5 Å². The summed E-state index contributed by atoms with van der Waals surface area (Å²) in [6, 6.07) is 2.90. The molecule has 0 aliphatic carbocycles. The van der Waals surface area contributed by atoms with Gasteiger partial charge >= 0.3 is 6.18 Å². The van der Waals surface area contributed by atoms with Crippen LogP contribution in [-0.2, 0) is 0 Å². The summed E-state index contributed by atoms with van der Waals surface area (Å²) in [6.45, 7) is 0.107. The van der Waals surface area contributed by atoms with Gasteiger partial charge in [-0.15, -0.1) is 0 Å². The molecule has 0 saturated carbocycles. The van der Waals surface area contributed by atoms with Crippen LogP contribution in [0.4, 0.5) is 13.2 Å². The lowest BCUT2D eigenvalue weighted by molar-refractivity contribution is -0.145. The minimum absolute atomic E-state index is 0.170. The Hall–Kier alpha value is -1.18. The number of amides is 1. The van der Waals surface area contributed by atoms with Crippen molar-refractivity contribution in [3.8, 4) is 5.75 Å². The van der Waals surface area contributed by atoms with Gasteiger partial charge in [0.1, 0.15) is 0 Å². The van der Waals surface area contributed by atoms with Crippen LogP contribution < -0.4 is 4.74 Å². The minimum atomic E-state index is -4.24. The fourth-order valence-electron chi connectivity index (χ4n) is 2.65. The minimum Gasteiger partial charge on any atom is -0.494 e. The summed E-state index contributed by atoms with van der Waals surface area (Å²) in [5.41, 5.74) is 0.287. The van der Waals surface area contributed by atoms with Crippen molar-refractivity contribution in [1.29, 1.82) is 0 Å². The summed E-state index contributed by atoms with van der Waals surface area (Å²) in [6.07, 6.45) is -3.77. The van der Waals surface area contributed by atoms with Crippen LogP contribution >= 0.6 is 23.2 Å². The van der Waals surface area contributed by atoms with E-state index in [4.69, 9.17) is 27.9 Å². The van der Waals surface area contributed by atoms with Crippen molar-refractivity contribution in [2.45, 2.75) is 12.6 Å². The summed E-state index contributed by atoms with van der Waals surface area (Å²) in [7, 11) is 1.42. The van der Waals surface area contributed by atoms with E-state index in [9.17, 15) is 18.0 Å². The van der Waals surface area contributed by atoms with Crippen molar-refractivity contribution < 1.29 is 22.7 Å². The zero-order valence-corrected chi connectivity index (χ0v) is 14.5. The van der Waals surface area contributed by atoms with Gasteiger partial charge in [0, 0.05) is 31.7 Å². The molecule has 0 bridgehead atoms. The molecule has 0 radical (unpaired) electrons. The molecule has 0 N–H and O–H groups in total. The first-order chi connectivity index (χ1) is 11.2. The van der Waals surface area contributed by atoms with Crippen LogP contribution in [0.15, 0.2) is 12.1 Å². The number of hydrogen-bond donors (Lipinski definition) is 0. The van der Waals surface area contributed by atoms with Crippen molar-refractivity contribution >= 4 is 29.1 Å². The van der Waals surface area contributed by atoms with Gasteiger partial charge < -0.3 is 9.64 Å². The first-order valence-corrected chi connectivity index (χ1v) is 8.08. The van der Waals surface area contributed by atoms with Crippen LogP contribution in [0.1, 0.15) is 16.8 Å². The molecule has 1 aromatic carbocycles. The van der Waals surface area contributed by atoms with Gasteiger partial charge in [-0.25, -0.2) is 0 Å². The number of ether oxygens (including phenoxy) is 1. The molecule has 1 heterocycles. The highest BCUT2D eigenvalue weighted by atomic mass is 35.5. The first-order valence-electron chi connectivity index (χ1n) is 7.32. The Kier molecular flexibility index (Phi) is 6.22. The Morgan fingerprint density at radius 1 is 1.17 bits per heavy atom. The van der Waals surface area contributed by atoms with Crippen molar-refractivity contribution in [3.05, 3.63) is 27.7 Å². The molecule has 0 spiro atoms. The quantitative estimate of drug-likeness (QED) is 0.796. The van der Waals surface area contributed by atoms with Gasteiger partial charge in [0.25, 0.3) is 5.91 Å². The molecule has 1 aromatic rings. The van der Waals surface area contributed by atoms with Gasteiger partial charge in [0.15, 0.2) is 5.75 Å². The summed E-state index contributed by atoms with van der Waals surface area (Å²) in [4.78, 5) is 15.4. The Morgan fingerprint density at radius 2 is 1.79 bits per heavy atom. The highest BCUT2D eigenvalue weighted by Crippen LogP contribution is 2.34. The number of hydrogen-bond acceptors (Lipinski definition) is 3. The number of carbonyl (C=O) groups excluding carboxylic acids is 1. The molecule has 1 aliphatic heterocycles. The van der Waals surface area contributed by atoms with E-state index in [2.05, 4.69) is 0 Å². The van der Waals surface area contributed by atoms with Crippen LogP contribution in [0, 0.1) is 0 Å². The third kappa shape index (κ3) is 4.91. The highest BCUT2D eigenvalue weighted by Gasteiger charge is 2.32. The summed E-state index contributed by atoms with van der Waals surface area (Å²) >= 11 is 12.1. The zero-order valence-electron chi connectivity index (χ0n) is 13.0. The second kappa shape index (κ2) is 7.80. The maximum absolute atomic E-state index is 12.6. The number of alkyl halides is 3. The lowest BCUT2D eigenvalue weighted by Gasteiger charge is -2.23. The molecule has 2 rings (SSSR count). The molecule has 24 heavy (non-hydrogen) atoms. The number of benzene rings is 1. The molecule has 0 atom stereocenters. The Bertz CT molecular complexity index is 588. The largest absolute Gasteiger partial charge is 0.494 e. The lowest BCUT2D eigenvalue weighted by Crippen LogP contribution is -2.38. The van der Waals surface area contributed by atoms with E-state index >= 15 is 0 Å². The number of nitrogens with zero attached hydrogens (tertiary/aromatic N) is 2. The fourth-order valence-corrected chi connectivity index (χ4v) is 3.29. The average Bonchev–Trinajstić information content (AvgIpc) is 2.70. The Balaban J connectivity index is 2.08. The molecule has 0 unspecified atom stereocenters. The number of carbonyl (C=O) groups is 1. The van der Waals surface area contributed by atoms with E-state index in [1.165, 1.54) is 29.0 Å². The second-order valence-corrected chi connectivity index (χ2v) is 6.32. The monoisotopic (exact) mass is 384 g/mol. The lowest BCUT2D eigenvalue weighted by atomic mass is 10.2. The van der Waals surface area contributed by atoms with E-state index in [1.807, 2.05) is 0 Å². The third-order valence-electron chi connectivity index (χ3n) is 3.73. The molecule has 0 aromatic heterocycles. The van der Waals surface area contributed by atoms with E-state index in [0.717, 1.165) is 0 Å². The van der Waals surface area contributed by atoms with Crippen LogP contribution in [0.3, 0.4) is 0 Å². The van der Waals surface area contributed by atoms with E-state index < -0.39 is 12.7 Å². The Labute approximate surface area is 148 Å². The predicted molar refractivity (Wildman–Crippen MR) is 86.0 cm³/mol. The molecule has 1 amide bonds. The van der Waals surface area contributed by atoms with Gasteiger partial charge in [0.05, 0.1) is 23.7 Å². The van der Waals surface area contributed by atoms with Crippen molar-refractivity contribution in [3.63, 3.8) is 0 Å². The van der Waals surface area contributed by atoms with Crippen LogP contribution in [-0.4, -0.2) is 61.7 Å². The van der Waals surface area contributed by atoms with Crippen LogP contribution in [0.2, 0.25) is 10.0 Å².